The lowest BCUT2D eigenvalue weighted by Gasteiger charge is -2.09. The Hall–Kier alpha value is -1.56. The van der Waals surface area contributed by atoms with Crippen LogP contribution >= 0.6 is 11.6 Å². The highest BCUT2D eigenvalue weighted by Gasteiger charge is 2.09. The van der Waals surface area contributed by atoms with Crippen LogP contribution in [0, 0.1) is 0 Å². The number of ether oxygens (including phenoxy) is 1. The van der Waals surface area contributed by atoms with Gasteiger partial charge in [0.05, 0.1) is 7.11 Å². The summed E-state index contributed by atoms with van der Waals surface area (Å²) in [6.07, 6.45) is 1.67. The Kier molecular flexibility index (Phi) is 4.78. The van der Waals surface area contributed by atoms with Crippen LogP contribution in [-0.2, 0) is 4.79 Å². The highest BCUT2D eigenvalue weighted by molar-refractivity contribution is 6.31. The minimum Gasteiger partial charge on any atom is -0.490 e. The Bertz CT molecular complexity index is 373. The molecule has 16 heavy (non-hydrogen) atoms. The fourth-order valence-electron chi connectivity index (χ4n) is 1.08. The van der Waals surface area contributed by atoms with Crippen LogP contribution in [0.15, 0.2) is 6.33 Å². The molecule has 0 unspecified atom stereocenters. The van der Waals surface area contributed by atoms with Gasteiger partial charge in [0.1, 0.15) is 6.33 Å². The van der Waals surface area contributed by atoms with Crippen molar-refractivity contribution < 1.29 is 9.53 Å². The second-order valence-electron chi connectivity index (χ2n) is 2.90. The molecule has 0 bridgehead atoms. The van der Waals surface area contributed by atoms with Crippen molar-refractivity contribution in [1.29, 1.82) is 0 Å². The molecule has 2 N–H and O–H groups in total. The zero-order valence-corrected chi connectivity index (χ0v) is 9.84. The molecule has 1 rings (SSSR count). The number of carbonyl (C=O) groups is 1. The second kappa shape index (κ2) is 6.12. The molecule has 0 radical (unpaired) electrons. The van der Waals surface area contributed by atoms with E-state index in [2.05, 4.69) is 20.6 Å². The van der Waals surface area contributed by atoms with Crippen molar-refractivity contribution in [3.05, 3.63) is 11.5 Å². The third-order valence-corrected chi connectivity index (χ3v) is 2.16. The van der Waals surface area contributed by atoms with Crippen LogP contribution in [-0.4, -0.2) is 36.6 Å². The van der Waals surface area contributed by atoms with Crippen molar-refractivity contribution in [3.63, 3.8) is 0 Å². The third kappa shape index (κ3) is 3.23. The van der Waals surface area contributed by atoms with E-state index in [0.29, 0.717) is 24.5 Å². The van der Waals surface area contributed by atoms with E-state index >= 15 is 0 Å². The largest absolute Gasteiger partial charge is 0.490 e. The molecule has 0 atom stereocenters. The standard InChI is InChI=1S/C9H13ClN4O2/c1-11-6(15)3-4-12-9-7(16-2)8(10)13-5-14-9/h5H,3-4H2,1-2H3,(H,11,15)(H,12,13,14). The van der Waals surface area contributed by atoms with E-state index in [1.54, 1.807) is 7.05 Å². The molecule has 88 valence electrons. The lowest BCUT2D eigenvalue weighted by molar-refractivity contribution is -0.120. The third-order valence-electron chi connectivity index (χ3n) is 1.89. The highest BCUT2D eigenvalue weighted by Crippen LogP contribution is 2.27. The quantitative estimate of drug-likeness (QED) is 0.746. The molecule has 0 saturated carbocycles. The topological polar surface area (TPSA) is 76.1 Å². The summed E-state index contributed by atoms with van der Waals surface area (Å²) in [4.78, 5) is 18.7. The summed E-state index contributed by atoms with van der Waals surface area (Å²) in [7, 11) is 3.07. The minimum atomic E-state index is -0.0494. The molecule has 1 heterocycles. The van der Waals surface area contributed by atoms with Crippen LogP contribution in [0.4, 0.5) is 5.82 Å². The van der Waals surface area contributed by atoms with E-state index in [0.717, 1.165) is 0 Å². The van der Waals surface area contributed by atoms with E-state index in [4.69, 9.17) is 16.3 Å². The summed E-state index contributed by atoms with van der Waals surface area (Å²) < 4.78 is 5.04. The van der Waals surface area contributed by atoms with Gasteiger partial charge in [-0.3, -0.25) is 4.79 Å². The van der Waals surface area contributed by atoms with Gasteiger partial charge >= 0.3 is 0 Å². The fourth-order valence-corrected chi connectivity index (χ4v) is 1.29. The van der Waals surface area contributed by atoms with Gasteiger partial charge in [0.15, 0.2) is 16.7 Å². The van der Waals surface area contributed by atoms with E-state index in [9.17, 15) is 4.79 Å². The number of aromatic nitrogens is 2. The first-order chi connectivity index (χ1) is 7.69. The minimum absolute atomic E-state index is 0.0494. The Morgan fingerprint density at radius 2 is 2.31 bits per heavy atom. The van der Waals surface area contributed by atoms with Crippen LogP contribution in [0.3, 0.4) is 0 Å². The maximum Gasteiger partial charge on any atom is 0.221 e. The monoisotopic (exact) mass is 244 g/mol. The van der Waals surface area contributed by atoms with Gasteiger partial charge in [0.25, 0.3) is 0 Å². The summed E-state index contributed by atoms with van der Waals surface area (Å²) >= 11 is 5.80. The van der Waals surface area contributed by atoms with E-state index in [1.165, 1.54) is 13.4 Å². The number of nitrogens with one attached hydrogen (secondary N) is 2. The fraction of sp³-hybridized carbons (Fsp3) is 0.444. The van der Waals surface area contributed by atoms with Crippen LogP contribution in [0.25, 0.3) is 0 Å². The van der Waals surface area contributed by atoms with E-state index < -0.39 is 0 Å². The van der Waals surface area contributed by atoms with Crippen molar-refractivity contribution in [2.24, 2.45) is 0 Å². The van der Waals surface area contributed by atoms with Gasteiger partial charge in [-0.05, 0) is 0 Å². The van der Waals surface area contributed by atoms with Crippen molar-refractivity contribution in [1.82, 2.24) is 15.3 Å². The van der Waals surface area contributed by atoms with Gasteiger partial charge in [0, 0.05) is 20.0 Å². The summed E-state index contributed by atoms with van der Waals surface area (Å²) in [5.41, 5.74) is 0. The Balaban J connectivity index is 2.60. The lowest BCUT2D eigenvalue weighted by Crippen LogP contribution is -2.21. The van der Waals surface area contributed by atoms with Crippen LogP contribution in [0.2, 0.25) is 5.15 Å². The number of hydrogen-bond donors (Lipinski definition) is 2. The first-order valence-corrected chi connectivity index (χ1v) is 5.05. The number of rotatable bonds is 5. The van der Waals surface area contributed by atoms with Gasteiger partial charge in [-0.2, -0.15) is 0 Å². The molecular formula is C9H13ClN4O2. The molecule has 0 spiro atoms. The Morgan fingerprint density at radius 1 is 1.56 bits per heavy atom. The van der Waals surface area contributed by atoms with Gasteiger partial charge in [-0.15, -0.1) is 0 Å². The second-order valence-corrected chi connectivity index (χ2v) is 3.25. The van der Waals surface area contributed by atoms with Gasteiger partial charge < -0.3 is 15.4 Å². The first kappa shape index (κ1) is 12.5. The molecule has 1 aromatic rings. The molecule has 0 aliphatic rings. The molecule has 1 aromatic heterocycles. The average Bonchev–Trinajstić information content (AvgIpc) is 2.29. The van der Waals surface area contributed by atoms with Gasteiger partial charge in [-0.1, -0.05) is 11.6 Å². The average molecular weight is 245 g/mol. The summed E-state index contributed by atoms with van der Waals surface area (Å²) in [6.45, 7) is 0.448. The summed E-state index contributed by atoms with van der Waals surface area (Å²) in [5, 5.41) is 5.71. The number of anilines is 1. The van der Waals surface area contributed by atoms with Gasteiger partial charge in [0.2, 0.25) is 5.91 Å². The molecule has 7 heteroatoms. The maximum absolute atomic E-state index is 11.0. The molecule has 0 aliphatic carbocycles. The molecule has 0 aliphatic heterocycles. The predicted octanol–water partition coefficient (Wildman–Crippen LogP) is 0.687. The molecular weight excluding hydrogens is 232 g/mol. The predicted molar refractivity (Wildman–Crippen MR) is 60.8 cm³/mol. The van der Waals surface area contributed by atoms with E-state index in [-0.39, 0.29) is 11.1 Å². The molecule has 0 fully saturated rings. The van der Waals surface area contributed by atoms with Crippen molar-refractivity contribution >= 4 is 23.3 Å². The van der Waals surface area contributed by atoms with Crippen LogP contribution < -0.4 is 15.4 Å². The number of methoxy groups -OCH3 is 1. The van der Waals surface area contributed by atoms with E-state index in [1.807, 2.05) is 0 Å². The highest BCUT2D eigenvalue weighted by atomic mass is 35.5. The Labute approximate surface area is 98.4 Å². The van der Waals surface area contributed by atoms with Crippen molar-refractivity contribution in [3.8, 4) is 5.75 Å². The molecule has 6 nitrogen and oxygen atoms in total. The normalized spacial score (nSPS) is 9.69. The maximum atomic E-state index is 11.0. The van der Waals surface area contributed by atoms with Crippen molar-refractivity contribution in [2.75, 3.05) is 26.0 Å². The summed E-state index contributed by atoms with van der Waals surface area (Å²) in [5.74, 6) is 0.805. The smallest absolute Gasteiger partial charge is 0.221 e. The summed E-state index contributed by atoms with van der Waals surface area (Å²) in [6, 6.07) is 0. The number of hydrogen-bond acceptors (Lipinski definition) is 5. The molecule has 1 amide bonds. The van der Waals surface area contributed by atoms with Crippen LogP contribution in [0.5, 0.6) is 5.75 Å². The number of amides is 1. The zero-order chi connectivity index (χ0) is 12.0. The number of nitrogens with zero attached hydrogens (tertiary/aromatic N) is 2. The number of halogens is 1. The molecule has 0 saturated heterocycles. The lowest BCUT2D eigenvalue weighted by atomic mass is 10.4. The zero-order valence-electron chi connectivity index (χ0n) is 9.08. The Morgan fingerprint density at radius 3 is 2.94 bits per heavy atom. The SMILES string of the molecule is CNC(=O)CCNc1ncnc(Cl)c1OC. The first-order valence-electron chi connectivity index (χ1n) is 4.68. The van der Waals surface area contributed by atoms with Crippen molar-refractivity contribution in [2.45, 2.75) is 6.42 Å². The van der Waals surface area contributed by atoms with Gasteiger partial charge in [-0.25, -0.2) is 9.97 Å². The van der Waals surface area contributed by atoms with Crippen LogP contribution in [0.1, 0.15) is 6.42 Å². The number of carbonyl (C=O) groups excluding carboxylic acids is 1. The molecule has 0 aromatic carbocycles.